The molecule has 1 nitrogen and oxygen atoms in total. The third kappa shape index (κ3) is 1.84. The molecule has 0 aromatic heterocycles. The van der Waals surface area contributed by atoms with Gasteiger partial charge in [-0.25, -0.2) is 4.39 Å². The minimum Gasteiger partial charge on any atom is -0.310 e. The Labute approximate surface area is 83.8 Å². The summed E-state index contributed by atoms with van der Waals surface area (Å²) in [6.07, 6.45) is 0.812. The molecule has 0 amide bonds. The van der Waals surface area contributed by atoms with Gasteiger partial charge in [0.05, 0.1) is 0 Å². The summed E-state index contributed by atoms with van der Waals surface area (Å²) in [7, 11) is 0. The maximum atomic E-state index is 13.2. The van der Waals surface area contributed by atoms with E-state index >= 15 is 0 Å². The third-order valence-electron chi connectivity index (χ3n) is 2.45. The van der Waals surface area contributed by atoms with Crippen molar-refractivity contribution in [1.29, 1.82) is 0 Å². The number of fused-ring (bicyclic) bond motifs is 1. The summed E-state index contributed by atoms with van der Waals surface area (Å²) in [6.45, 7) is 2.95. The molecule has 72 valence electrons. The smallest absolute Gasteiger partial charge is 0.126 e. The van der Waals surface area contributed by atoms with Crippen LogP contribution in [0.1, 0.15) is 24.1 Å². The van der Waals surface area contributed by atoms with E-state index in [4.69, 9.17) is 0 Å². The lowest BCUT2D eigenvalue weighted by molar-refractivity contribution is 0.513. The van der Waals surface area contributed by atoms with Gasteiger partial charge >= 0.3 is 0 Å². The van der Waals surface area contributed by atoms with Crippen molar-refractivity contribution in [2.45, 2.75) is 19.4 Å². The first kappa shape index (κ1) is 10.5. The van der Waals surface area contributed by atoms with Crippen molar-refractivity contribution in [3.05, 3.63) is 35.1 Å². The monoisotopic (exact) mass is 201 g/mol. The molecule has 0 aliphatic carbocycles. The molecular weight excluding hydrogens is 189 g/mol. The molecule has 0 radical (unpaired) electrons. The number of halogens is 2. The molecular formula is C10H13ClFN. The van der Waals surface area contributed by atoms with Crippen molar-refractivity contribution in [3.63, 3.8) is 0 Å². The van der Waals surface area contributed by atoms with Crippen LogP contribution in [0.3, 0.4) is 0 Å². The van der Waals surface area contributed by atoms with Gasteiger partial charge in [-0.1, -0.05) is 12.1 Å². The predicted molar refractivity (Wildman–Crippen MR) is 53.8 cm³/mol. The molecule has 13 heavy (non-hydrogen) atoms. The fourth-order valence-electron chi connectivity index (χ4n) is 1.77. The van der Waals surface area contributed by atoms with Crippen molar-refractivity contribution >= 4 is 12.4 Å². The largest absolute Gasteiger partial charge is 0.310 e. The Morgan fingerprint density at radius 2 is 2.23 bits per heavy atom. The SMILES string of the molecule is CC1NCCc2c(F)cccc21.Cl. The molecule has 1 unspecified atom stereocenters. The molecule has 2 rings (SSSR count). The maximum absolute atomic E-state index is 13.2. The fraction of sp³-hybridized carbons (Fsp3) is 0.400. The Balaban J connectivity index is 0.000000845. The summed E-state index contributed by atoms with van der Waals surface area (Å²) in [5, 5.41) is 3.30. The zero-order chi connectivity index (χ0) is 8.55. The second-order valence-electron chi connectivity index (χ2n) is 3.23. The average molecular weight is 202 g/mol. The highest BCUT2D eigenvalue weighted by molar-refractivity contribution is 5.85. The lowest BCUT2D eigenvalue weighted by atomic mass is 9.95. The molecule has 0 saturated heterocycles. The van der Waals surface area contributed by atoms with Gasteiger partial charge in [0, 0.05) is 6.04 Å². The van der Waals surface area contributed by atoms with E-state index in [1.165, 1.54) is 6.07 Å². The van der Waals surface area contributed by atoms with Crippen LogP contribution in [0.4, 0.5) is 4.39 Å². The Morgan fingerprint density at radius 1 is 1.46 bits per heavy atom. The second kappa shape index (κ2) is 4.07. The normalized spacial score (nSPS) is 20.3. The van der Waals surface area contributed by atoms with Crippen molar-refractivity contribution in [2.75, 3.05) is 6.54 Å². The Morgan fingerprint density at radius 3 is 2.92 bits per heavy atom. The summed E-state index contributed by atoms with van der Waals surface area (Å²) >= 11 is 0. The van der Waals surface area contributed by atoms with Crippen LogP contribution in [-0.2, 0) is 6.42 Å². The summed E-state index contributed by atoms with van der Waals surface area (Å²) < 4.78 is 13.2. The zero-order valence-corrected chi connectivity index (χ0v) is 8.33. The highest BCUT2D eigenvalue weighted by Crippen LogP contribution is 2.23. The highest BCUT2D eigenvalue weighted by Gasteiger charge is 2.17. The Kier molecular flexibility index (Phi) is 3.28. The summed E-state index contributed by atoms with van der Waals surface area (Å²) in [4.78, 5) is 0. The van der Waals surface area contributed by atoms with Crippen LogP contribution in [0.25, 0.3) is 0 Å². The van der Waals surface area contributed by atoms with E-state index in [1.54, 1.807) is 6.07 Å². The maximum Gasteiger partial charge on any atom is 0.126 e. The number of hydrogen-bond acceptors (Lipinski definition) is 1. The third-order valence-corrected chi connectivity index (χ3v) is 2.45. The van der Waals surface area contributed by atoms with Crippen LogP contribution in [0, 0.1) is 5.82 Å². The van der Waals surface area contributed by atoms with Gasteiger partial charge in [0.1, 0.15) is 5.82 Å². The molecule has 0 bridgehead atoms. The van der Waals surface area contributed by atoms with Crippen LogP contribution < -0.4 is 5.32 Å². The van der Waals surface area contributed by atoms with Crippen molar-refractivity contribution in [2.24, 2.45) is 0 Å². The first-order valence-corrected chi connectivity index (χ1v) is 4.29. The quantitative estimate of drug-likeness (QED) is 0.680. The van der Waals surface area contributed by atoms with E-state index in [2.05, 4.69) is 12.2 Å². The van der Waals surface area contributed by atoms with Crippen LogP contribution in [0.15, 0.2) is 18.2 Å². The molecule has 1 aromatic rings. The Bertz CT molecular complexity index is 301. The number of hydrogen-bond donors (Lipinski definition) is 1. The fourth-order valence-corrected chi connectivity index (χ4v) is 1.77. The molecule has 0 fully saturated rings. The van der Waals surface area contributed by atoms with Gasteiger partial charge in [-0.2, -0.15) is 0 Å². The van der Waals surface area contributed by atoms with Crippen LogP contribution in [0.2, 0.25) is 0 Å². The number of nitrogens with one attached hydrogen (secondary N) is 1. The Hall–Kier alpha value is -0.600. The summed E-state index contributed by atoms with van der Waals surface area (Å²) in [6, 6.07) is 5.61. The molecule has 0 saturated carbocycles. The summed E-state index contributed by atoms with van der Waals surface area (Å²) in [5.41, 5.74) is 2.00. The van der Waals surface area contributed by atoms with Crippen molar-refractivity contribution in [1.82, 2.24) is 5.32 Å². The lowest BCUT2D eigenvalue weighted by Gasteiger charge is -2.23. The van der Waals surface area contributed by atoms with Crippen LogP contribution >= 0.6 is 12.4 Å². The van der Waals surface area contributed by atoms with E-state index < -0.39 is 0 Å². The van der Waals surface area contributed by atoms with Gasteiger partial charge < -0.3 is 5.32 Å². The van der Waals surface area contributed by atoms with E-state index in [0.29, 0.717) is 6.04 Å². The second-order valence-corrected chi connectivity index (χ2v) is 3.23. The molecule has 3 heteroatoms. The van der Waals surface area contributed by atoms with E-state index in [1.807, 2.05) is 6.07 Å². The van der Waals surface area contributed by atoms with Crippen LogP contribution in [0.5, 0.6) is 0 Å². The van der Waals surface area contributed by atoms with Gasteiger partial charge in [0.15, 0.2) is 0 Å². The van der Waals surface area contributed by atoms with E-state index in [9.17, 15) is 4.39 Å². The molecule has 1 aromatic carbocycles. The molecule has 0 spiro atoms. The number of rotatable bonds is 0. The van der Waals surface area contributed by atoms with Crippen molar-refractivity contribution in [3.8, 4) is 0 Å². The van der Waals surface area contributed by atoms with E-state index in [0.717, 1.165) is 24.1 Å². The van der Waals surface area contributed by atoms with Gasteiger partial charge in [-0.15, -0.1) is 12.4 Å². The van der Waals surface area contributed by atoms with Gasteiger partial charge in [0.25, 0.3) is 0 Å². The van der Waals surface area contributed by atoms with Crippen molar-refractivity contribution < 1.29 is 4.39 Å². The number of benzene rings is 1. The minimum atomic E-state index is -0.0548. The molecule has 1 heterocycles. The van der Waals surface area contributed by atoms with Gasteiger partial charge in [-0.05, 0) is 37.1 Å². The standard InChI is InChI=1S/C10H12FN.ClH/c1-7-8-3-2-4-10(11)9(8)5-6-12-7;/h2-4,7,12H,5-6H2,1H3;1H. The van der Waals surface area contributed by atoms with Crippen LogP contribution in [-0.4, -0.2) is 6.54 Å². The van der Waals surface area contributed by atoms with Gasteiger partial charge in [0.2, 0.25) is 0 Å². The minimum absolute atomic E-state index is 0. The average Bonchev–Trinajstić information content (AvgIpc) is 2.07. The zero-order valence-electron chi connectivity index (χ0n) is 7.51. The lowest BCUT2D eigenvalue weighted by Crippen LogP contribution is -2.28. The first-order valence-electron chi connectivity index (χ1n) is 4.29. The van der Waals surface area contributed by atoms with E-state index in [-0.39, 0.29) is 18.2 Å². The molecule has 1 aliphatic rings. The first-order chi connectivity index (χ1) is 5.79. The molecule has 1 atom stereocenters. The molecule has 1 aliphatic heterocycles. The van der Waals surface area contributed by atoms with Gasteiger partial charge in [-0.3, -0.25) is 0 Å². The topological polar surface area (TPSA) is 12.0 Å². The molecule has 1 N–H and O–H groups in total. The predicted octanol–water partition coefficient (Wildman–Crippen LogP) is 2.45. The highest BCUT2D eigenvalue weighted by atomic mass is 35.5. The summed E-state index contributed by atoms with van der Waals surface area (Å²) in [5.74, 6) is -0.0548.